The minimum Gasteiger partial charge on any atom is -0.321 e. The second kappa shape index (κ2) is 5.84. The van der Waals surface area contributed by atoms with Gasteiger partial charge < -0.3 is 5.73 Å². The van der Waals surface area contributed by atoms with E-state index in [0.29, 0.717) is 12.8 Å². The molecule has 0 aliphatic rings. The molecule has 0 saturated heterocycles. The van der Waals surface area contributed by atoms with Gasteiger partial charge >= 0.3 is 0 Å². The molecule has 0 amide bonds. The topological polar surface area (TPSA) is 43.1 Å². The van der Waals surface area contributed by atoms with E-state index >= 15 is 0 Å². The lowest BCUT2D eigenvalue weighted by Crippen LogP contribution is -2.31. The minimum absolute atomic E-state index is 0.00328. The molecule has 0 radical (unpaired) electrons. The zero-order valence-corrected chi connectivity index (χ0v) is 11.4. The van der Waals surface area contributed by atoms with Crippen molar-refractivity contribution in [3.05, 3.63) is 35.4 Å². The van der Waals surface area contributed by atoms with Gasteiger partial charge in [0.25, 0.3) is 0 Å². The maximum absolute atomic E-state index is 11.8. The van der Waals surface area contributed by atoms with Crippen LogP contribution in [-0.4, -0.2) is 11.8 Å². The number of rotatable bonds is 4. The van der Waals surface area contributed by atoms with E-state index < -0.39 is 6.04 Å². The molecule has 18 heavy (non-hydrogen) atoms. The summed E-state index contributed by atoms with van der Waals surface area (Å²) >= 11 is 0. The molecule has 0 heterocycles. The molecule has 1 aromatic carbocycles. The van der Waals surface area contributed by atoms with Crippen molar-refractivity contribution < 1.29 is 4.79 Å². The Morgan fingerprint density at radius 2 is 1.89 bits per heavy atom. The highest BCUT2D eigenvalue weighted by molar-refractivity contribution is 5.86. The summed E-state index contributed by atoms with van der Waals surface area (Å²) in [6.45, 7) is 6.49. The molecular weight excluding hydrogens is 222 g/mol. The first kappa shape index (κ1) is 14.5. The predicted molar refractivity (Wildman–Crippen MR) is 75.3 cm³/mol. The van der Waals surface area contributed by atoms with Crippen LogP contribution in [0.4, 0.5) is 0 Å². The second-order valence-corrected chi connectivity index (χ2v) is 5.60. The highest BCUT2D eigenvalue weighted by atomic mass is 16.1. The van der Waals surface area contributed by atoms with Crippen LogP contribution in [0, 0.1) is 12.3 Å². The molecule has 0 aliphatic heterocycles. The van der Waals surface area contributed by atoms with Gasteiger partial charge in [-0.3, -0.25) is 4.79 Å². The number of hydrogen-bond donors (Lipinski definition) is 1. The lowest BCUT2D eigenvalue weighted by Gasteiger charge is -2.19. The number of ketones is 1. The smallest absolute Gasteiger partial charge is 0.154 e. The highest BCUT2D eigenvalue weighted by Crippen LogP contribution is 2.22. The quantitative estimate of drug-likeness (QED) is 0.825. The Balaban J connectivity index is 2.70. The van der Waals surface area contributed by atoms with Gasteiger partial charge in [0.2, 0.25) is 0 Å². The van der Waals surface area contributed by atoms with Gasteiger partial charge in [0.05, 0.1) is 6.04 Å². The monoisotopic (exact) mass is 243 g/mol. The standard InChI is InChI=1S/C16H21NO/c1-5-6-14(17)15(18)11-12-7-9-13(10-8-12)16(2,3)4/h1,7-10,14H,6,11,17H2,2-4H3. The van der Waals surface area contributed by atoms with Crippen molar-refractivity contribution in [3.8, 4) is 12.3 Å². The number of hydrogen-bond acceptors (Lipinski definition) is 2. The average Bonchev–Trinajstić information content (AvgIpc) is 2.28. The SMILES string of the molecule is C#CCC(N)C(=O)Cc1ccc(C(C)(C)C)cc1. The van der Waals surface area contributed by atoms with Crippen LogP contribution in [0.5, 0.6) is 0 Å². The van der Waals surface area contributed by atoms with E-state index in [1.54, 1.807) is 0 Å². The van der Waals surface area contributed by atoms with Crippen molar-refractivity contribution in [1.82, 2.24) is 0 Å². The van der Waals surface area contributed by atoms with Crippen LogP contribution in [-0.2, 0) is 16.6 Å². The highest BCUT2D eigenvalue weighted by Gasteiger charge is 2.15. The van der Waals surface area contributed by atoms with Gasteiger partial charge in [0.1, 0.15) is 0 Å². The van der Waals surface area contributed by atoms with Crippen LogP contribution < -0.4 is 5.73 Å². The summed E-state index contributed by atoms with van der Waals surface area (Å²) in [5.41, 5.74) is 8.05. The van der Waals surface area contributed by atoms with Crippen molar-refractivity contribution >= 4 is 5.78 Å². The normalized spacial score (nSPS) is 12.8. The minimum atomic E-state index is -0.544. The van der Waals surface area contributed by atoms with E-state index in [-0.39, 0.29) is 11.2 Å². The van der Waals surface area contributed by atoms with Crippen molar-refractivity contribution in [1.29, 1.82) is 0 Å². The fourth-order valence-corrected chi connectivity index (χ4v) is 1.70. The molecule has 0 bridgehead atoms. The van der Waals surface area contributed by atoms with Crippen molar-refractivity contribution in [2.75, 3.05) is 0 Å². The first-order valence-corrected chi connectivity index (χ1v) is 6.16. The third-order valence-corrected chi connectivity index (χ3v) is 2.95. The number of carbonyl (C=O) groups is 1. The van der Waals surface area contributed by atoms with Gasteiger partial charge in [0, 0.05) is 12.8 Å². The number of benzene rings is 1. The third-order valence-electron chi connectivity index (χ3n) is 2.95. The van der Waals surface area contributed by atoms with E-state index in [0.717, 1.165) is 5.56 Å². The Bertz CT molecular complexity index is 445. The van der Waals surface area contributed by atoms with Crippen LogP contribution in [0.25, 0.3) is 0 Å². The van der Waals surface area contributed by atoms with Crippen LogP contribution in [0.2, 0.25) is 0 Å². The fraction of sp³-hybridized carbons (Fsp3) is 0.438. The first-order valence-electron chi connectivity index (χ1n) is 6.16. The fourth-order valence-electron chi connectivity index (χ4n) is 1.70. The Morgan fingerprint density at radius 1 is 1.33 bits per heavy atom. The van der Waals surface area contributed by atoms with Crippen LogP contribution in [0.15, 0.2) is 24.3 Å². The summed E-state index contributed by atoms with van der Waals surface area (Å²) in [7, 11) is 0. The Morgan fingerprint density at radius 3 is 2.33 bits per heavy atom. The van der Waals surface area contributed by atoms with Gasteiger partial charge in [0.15, 0.2) is 5.78 Å². The van der Waals surface area contributed by atoms with E-state index in [9.17, 15) is 4.79 Å². The average molecular weight is 243 g/mol. The Kier molecular flexibility index (Phi) is 4.69. The molecule has 0 fully saturated rings. The Labute approximate surface area is 110 Å². The third kappa shape index (κ3) is 4.01. The summed E-state index contributed by atoms with van der Waals surface area (Å²) in [6, 6.07) is 7.56. The van der Waals surface area contributed by atoms with E-state index in [1.807, 2.05) is 12.1 Å². The molecule has 2 heteroatoms. The van der Waals surface area contributed by atoms with Crippen LogP contribution >= 0.6 is 0 Å². The molecule has 1 unspecified atom stereocenters. The number of carbonyl (C=O) groups excluding carboxylic acids is 1. The molecule has 2 N–H and O–H groups in total. The molecule has 96 valence electrons. The molecule has 0 spiro atoms. The zero-order valence-electron chi connectivity index (χ0n) is 11.4. The van der Waals surface area contributed by atoms with Crippen LogP contribution in [0.1, 0.15) is 38.3 Å². The molecule has 2 nitrogen and oxygen atoms in total. The molecular formula is C16H21NO. The van der Waals surface area contributed by atoms with Gasteiger partial charge in [-0.15, -0.1) is 12.3 Å². The summed E-state index contributed by atoms with van der Waals surface area (Å²) in [4.78, 5) is 11.8. The van der Waals surface area contributed by atoms with Crippen molar-refractivity contribution in [2.45, 2.75) is 45.1 Å². The summed E-state index contributed by atoms with van der Waals surface area (Å²) in [6.07, 6.45) is 5.81. The zero-order chi connectivity index (χ0) is 13.8. The van der Waals surface area contributed by atoms with Crippen LogP contribution in [0.3, 0.4) is 0 Å². The predicted octanol–water partition coefficient (Wildman–Crippen LogP) is 2.45. The van der Waals surface area contributed by atoms with Crippen molar-refractivity contribution in [3.63, 3.8) is 0 Å². The first-order chi connectivity index (χ1) is 8.34. The van der Waals surface area contributed by atoms with E-state index in [4.69, 9.17) is 12.2 Å². The molecule has 1 aromatic rings. The summed E-state index contributed by atoms with van der Waals surface area (Å²) in [5, 5.41) is 0. The van der Waals surface area contributed by atoms with Gasteiger partial charge in [-0.05, 0) is 16.5 Å². The van der Waals surface area contributed by atoms with E-state index in [2.05, 4.69) is 38.8 Å². The maximum atomic E-state index is 11.8. The number of Topliss-reactive ketones (excluding diaryl/α,β-unsaturated/α-hetero) is 1. The lowest BCUT2D eigenvalue weighted by molar-refractivity contribution is -0.119. The second-order valence-electron chi connectivity index (χ2n) is 5.60. The molecule has 0 aromatic heterocycles. The molecule has 1 rings (SSSR count). The number of terminal acetylenes is 1. The molecule has 0 aliphatic carbocycles. The van der Waals surface area contributed by atoms with Gasteiger partial charge in [-0.2, -0.15) is 0 Å². The van der Waals surface area contributed by atoms with Gasteiger partial charge in [-0.1, -0.05) is 45.0 Å². The summed E-state index contributed by atoms with van der Waals surface area (Å²) < 4.78 is 0. The van der Waals surface area contributed by atoms with Gasteiger partial charge in [-0.25, -0.2) is 0 Å². The van der Waals surface area contributed by atoms with E-state index in [1.165, 1.54) is 5.56 Å². The molecule has 0 saturated carbocycles. The summed E-state index contributed by atoms with van der Waals surface area (Å²) in [5.74, 6) is 2.41. The maximum Gasteiger partial charge on any atom is 0.154 e. The lowest BCUT2D eigenvalue weighted by atomic mass is 9.86. The van der Waals surface area contributed by atoms with Crippen molar-refractivity contribution in [2.24, 2.45) is 5.73 Å². The number of nitrogens with two attached hydrogens (primary N) is 1. The largest absolute Gasteiger partial charge is 0.321 e. The Hall–Kier alpha value is -1.59. The molecule has 1 atom stereocenters.